The number of hydrogen-bond donors (Lipinski definition) is 1. The summed E-state index contributed by atoms with van der Waals surface area (Å²) in [6, 6.07) is 0. The first-order valence-corrected chi connectivity index (χ1v) is 8.46. The Kier molecular flexibility index (Phi) is 6.37. The van der Waals surface area contributed by atoms with Crippen molar-refractivity contribution in [2.75, 3.05) is 6.61 Å². The fourth-order valence-corrected chi connectivity index (χ4v) is 3.02. The van der Waals surface area contributed by atoms with Crippen LogP contribution in [0.1, 0.15) is 40.0 Å². The molecule has 0 bridgehead atoms. The number of carbonyl (C=O) groups excluding carboxylic acids is 3. The number of carbonyl (C=O) groups is 3. The third-order valence-corrected chi connectivity index (χ3v) is 4.49. The van der Waals surface area contributed by atoms with Crippen LogP contribution in [0.25, 0.3) is 0 Å². The van der Waals surface area contributed by atoms with E-state index in [-0.39, 0.29) is 13.0 Å². The van der Waals surface area contributed by atoms with Gasteiger partial charge < -0.3 is 19.3 Å². The average Bonchev–Trinajstić information content (AvgIpc) is 2.83. The summed E-state index contributed by atoms with van der Waals surface area (Å²) in [5.41, 5.74) is 2.24. The van der Waals surface area contributed by atoms with Crippen LogP contribution < -0.4 is 0 Å². The smallest absolute Gasteiger partial charge is 0.338 e. The van der Waals surface area contributed by atoms with Gasteiger partial charge >= 0.3 is 17.9 Å². The van der Waals surface area contributed by atoms with Gasteiger partial charge in [-0.05, 0) is 42.6 Å². The Morgan fingerprint density at radius 1 is 1.31 bits per heavy atom. The Hall–Kier alpha value is -2.41. The topological polar surface area (TPSA) is 99.1 Å². The van der Waals surface area contributed by atoms with Crippen molar-refractivity contribution >= 4 is 17.9 Å². The molecule has 1 aliphatic carbocycles. The van der Waals surface area contributed by atoms with Gasteiger partial charge in [0.25, 0.3) is 0 Å². The molecule has 3 atom stereocenters. The molecule has 1 heterocycles. The van der Waals surface area contributed by atoms with Crippen LogP contribution in [0.4, 0.5) is 0 Å². The van der Waals surface area contributed by atoms with Crippen LogP contribution in [0.5, 0.6) is 0 Å². The lowest BCUT2D eigenvalue weighted by Crippen LogP contribution is -2.27. The minimum atomic E-state index is -0.838. The van der Waals surface area contributed by atoms with Crippen LogP contribution in [-0.4, -0.2) is 47.9 Å². The number of aliphatic hydroxyl groups is 1. The van der Waals surface area contributed by atoms with E-state index >= 15 is 0 Å². The molecule has 7 nitrogen and oxygen atoms in total. The molecule has 1 aliphatic heterocycles. The van der Waals surface area contributed by atoms with Crippen LogP contribution in [0.2, 0.25) is 0 Å². The third-order valence-electron chi connectivity index (χ3n) is 4.49. The van der Waals surface area contributed by atoms with Crippen molar-refractivity contribution in [1.82, 2.24) is 0 Å². The second-order valence-corrected chi connectivity index (χ2v) is 6.53. The molecule has 1 N–H and O–H groups in total. The molecule has 0 unspecified atom stereocenters. The summed E-state index contributed by atoms with van der Waals surface area (Å²) in [6.45, 7) is 8.05. The number of fused-ring (bicyclic) bond motifs is 1. The average molecular weight is 364 g/mol. The molecule has 0 saturated carbocycles. The second-order valence-electron chi connectivity index (χ2n) is 6.53. The van der Waals surface area contributed by atoms with E-state index in [0.29, 0.717) is 35.1 Å². The highest BCUT2D eigenvalue weighted by Gasteiger charge is 2.35. The van der Waals surface area contributed by atoms with Gasteiger partial charge in [-0.2, -0.15) is 0 Å². The van der Waals surface area contributed by atoms with Crippen molar-refractivity contribution in [3.63, 3.8) is 0 Å². The van der Waals surface area contributed by atoms with Crippen LogP contribution >= 0.6 is 0 Å². The van der Waals surface area contributed by atoms with Gasteiger partial charge in [0.15, 0.2) is 0 Å². The summed E-state index contributed by atoms with van der Waals surface area (Å²) in [5.74, 6) is -1.49. The maximum absolute atomic E-state index is 12.2. The SMILES string of the molecule is C=C1CCC2=C(COC(C)=O)C(=O)O[C@@H]2/C=C(/C)[C@@H](OC(C)=O)C[C@@H]1O. The van der Waals surface area contributed by atoms with Gasteiger partial charge in [0.05, 0.1) is 11.7 Å². The Bertz CT molecular complexity index is 686. The normalized spacial score (nSPS) is 28.6. The first-order valence-electron chi connectivity index (χ1n) is 8.46. The van der Waals surface area contributed by atoms with Gasteiger partial charge in [0.1, 0.15) is 18.8 Å². The van der Waals surface area contributed by atoms with Crippen LogP contribution in [0.15, 0.2) is 34.9 Å². The van der Waals surface area contributed by atoms with Gasteiger partial charge in [-0.3, -0.25) is 9.59 Å². The summed E-state index contributed by atoms with van der Waals surface area (Å²) >= 11 is 0. The predicted molar refractivity (Wildman–Crippen MR) is 91.8 cm³/mol. The molecule has 0 aromatic carbocycles. The predicted octanol–water partition coefficient (Wildman–Crippen LogP) is 1.75. The van der Waals surface area contributed by atoms with E-state index in [4.69, 9.17) is 14.2 Å². The van der Waals surface area contributed by atoms with Crippen LogP contribution in [0.3, 0.4) is 0 Å². The van der Waals surface area contributed by atoms with E-state index in [0.717, 1.165) is 0 Å². The molecular weight excluding hydrogens is 340 g/mol. The zero-order valence-corrected chi connectivity index (χ0v) is 15.2. The fourth-order valence-electron chi connectivity index (χ4n) is 3.02. The monoisotopic (exact) mass is 364 g/mol. The van der Waals surface area contributed by atoms with E-state index in [1.165, 1.54) is 13.8 Å². The number of ether oxygens (including phenoxy) is 3. The molecular formula is C19H24O7. The number of hydrogen-bond acceptors (Lipinski definition) is 7. The third kappa shape index (κ3) is 4.82. The van der Waals surface area contributed by atoms with Crippen LogP contribution in [-0.2, 0) is 28.6 Å². The Labute approximate surface area is 152 Å². The lowest BCUT2D eigenvalue weighted by atomic mass is 9.90. The summed E-state index contributed by atoms with van der Waals surface area (Å²) in [4.78, 5) is 34.7. The Morgan fingerprint density at radius 2 is 2.00 bits per heavy atom. The van der Waals surface area contributed by atoms with E-state index in [2.05, 4.69) is 6.58 Å². The molecule has 26 heavy (non-hydrogen) atoms. The molecule has 0 radical (unpaired) electrons. The summed E-state index contributed by atoms with van der Waals surface area (Å²) in [7, 11) is 0. The quantitative estimate of drug-likeness (QED) is 0.463. The van der Waals surface area contributed by atoms with Gasteiger partial charge in [0, 0.05) is 20.3 Å². The van der Waals surface area contributed by atoms with E-state index in [1.807, 2.05) is 0 Å². The maximum atomic E-state index is 12.2. The van der Waals surface area contributed by atoms with Gasteiger partial charge in [-0.1, -0.05) is 6.58 Å². The lowest BCUT2D eigenvalue weighted by Gasteiger charge is -2.25. The molecule has 7 heteroatoms. The molecule has 2 rings (SSSR count). The highest BCUT2D eigenvalue weighted by atomic mass is 16.6. The van der Waals surface area contributed by atoms with Gasteiger partial charge in [-0.15, -0.1) is 0 Å². The molecule has 0 aromatic heterocycles. The van der Waals surface area contributed by atoms with Crippen molar-refractivity contribution in [3.05, 3.63) is 34.9 Å². The number of rotatable bonds is 3. The number of esters is 3. The molecule has 0 amide bonds. The molecule has 0 saturated heterocycles. The molecule has 0 aromatic rings. The van der Waals surface area contributed by atoms with E-state index in [9.17, 15) is 19.5 Å². The molecule has 142 valence electrons. The van der Waals surface area contributed by atoms with E-state index < -0.39 is 36.2 Å². The molecule has 0 fully saturated rings. The second kappa shape index (κ2) is 8.31. The summed E-state index contributed by atoms with van der Waals surface area (Å²) in [5, 5.41) is 10.3. The minimum absolute atomic E-state index is 0.157. The summed E-state index contributed by atoms with van der Waals surface area (Å²) in [6.07, 6.45) is 0.694. The molecule has 2 aliphatic rings. The molecule has 0 spiro atoms. The first kappa shape index (κ1) is 19.9. The van der Waals surface area contributed by atoms with Crippen molar-refractivity contribution < 1.29 is 33.7 Å². The highest BCUT2D eigenvalue weighted by molar-refractivity contribution is 5.93. The Balaban J connectivity index is 2.39. The van der Waals surface area contributed by atoms with Crippen molar-refractivity contribution in [1.29, 1.82) is 0 Å². The highest BCUT2D eigenvalue weighted by Crippen LogP contribution is 2.33. The number of aliphatic hydroxyl groups excluding tert-OH is 1. The summed E-state index contributed by atoms with van der Waals surface area (Å²) < 4.78 is 15.7. The zero-order chi connectivity index (χ0) is 19.4. The van der Waals surface area contributed by atoms with Gasteiger partial charge in [-0.25, -0.2) is 4.79 Å². The minimum Gasteiger partial charge on any atom is -0.461 e. The van der Waals surface area contributed by atoms with Crippen LogP contribution in [0, 0.1) is 0 Å². The van der Waals surface area contributed by atoms with Crippen molar-refractivity contribution in [2.24, 2.45) is 0 Å². The van der Waals surface area contributed by atoms with Crippen molar-refractivity contribution in [2.45, 2.75) is 58.3 Å². The maximum Gasteiger partial charge on any atom is 0.338 e. The first-order chi connectivity index (χ1) is 12.2. The van der Waals surface area contributed by atoms with E-state index in [1.54, 1.807) is 13.0 Å². The fraction of sp³-hybridized carbons (Fsp3) is 0.526. The van der Waals surface area contributed by atoms with Gasteiger partial charge in [0.2, 0.25) is 0 Å². The van der Waals surface area contributed by atoms with Crippen molar-refractivity contribution in [3.8, 4) is 0 Å². The Morgan fingerprint density at radius 3 is 2.62 bits per heavy atom. The standard InChI is InChI=1S/C19H24O7/c1-10-5-6-14-15(9-24-12(3)20)19(23)26-18(14)7-11(2)17(8-16(10)22)25-13(4)21/h7,16-18,22H,1,5-6,8-9H2,2-4H3/b11-7-/t16-,17-,18+/m0/s1. The zero-order valence-electron chi connectivity index (χ0n) is 15.2. The largest absolute Gasteiger partial charge is 0.461 e. The lowest BCUT2D eigenvalue weighted by molar-refractivity contribution is -0.146.